The molecule has 0 bridgehead atoms. The van der Waals surface area contributed by atoms with Crippen LogP contribution in [0.2, 0.25) is 0 Å². The first-order valence-corrected chi connectivity index (χ1v) is 40.1. The van der Waals surface area contributed by atoms with Gasteiger partial charge in [-0.05, 0) is 114 Å². The van der Waals surface area contributed by atoms with Gasteiger partial charge in [0.25, 0.3) is 0 Å². The molecule has 0 aromatic carbocycles. The van der Waals surface area contributed by atoms with Gasteiger partial charge in [-0.25, -0.2) is 0 Å². The first-order valence-electron chi connectivity index (χ1n) is 37.6. The fourth-order valence-corrected chi connectivity index (χ4v) is 13.8. The zero-order valence-corrected chi connectivity index (χ0v) is 62.0. The van der Waals surface area contributed by atoms with Crippen molar-refractivity contribution in [1.82, 2.24) is 19.6 Å². The molecular formula is C73H140N4O14S2. The van der Waals surface area contributed by atoms with Gasteiger partial charge in [0, 0.05) is 109 Å². The minimum absolute atomic E-state index is 0.110. The molecule has 4 unspecified atom stereocenters. The average Bonchev–Trinajstić information content (AvgIpc) is 3.75. The van der Waals surface area contributed by atoms with E-state index in [1.165, 1.54) is 0 Å². The summed E-state index contributed by atoms with van der Waals surface area (Å²) in [5.74, 6) is 2.92. The highest BCUT2D eigenvalue weighted by Gasteiger charge is 2.21. The minimum atomic E-state index is -0.623. The topological polar surface area (TPSA) is 225 Å². The van der Waals surface area contributed by atoms with Crippen LogP contribution in [-0.2, 0) is 47.7 Å². The highest BCUT2D eigenvalue weighted by Crippen LogP contribution is 2.24. The number of rotatable bonds is 65. The number of carbonyl (C=O) groups is 5. The van der Waals surface area contributed by atoms with Gasteiger partial charge in [0.05, 0.1) is 50.8 Å². The lowest BCUT2D eigenvalue weighted by Gasteiger charge is -2.34. The number of hydrogen-bond donors (Lipinski definition) is 4. The molecule has 0 spiro atoms. The predicted molar refractivity (Wildman–Crippen MR) is 381 cm³/mol. The van der Waals surface area contributed by atoms with Crippen LogP contribution in [0, 0.1) is 23.7 Å². The second-order valence-electron chi connectivity index (χ2n) is 26.7. The largest absolute Gasteiger partial charge is 0.465 e. The normalized spacial score (nSPS) is 14.6. The van der Waals surface area contributed by atoms with E-state index in [0.29, 0.717) is 192 Å². The number of carbonyl (C=O) groups excluding carboxylic acids is 5. The number of nitrogens with zero attached hydrogens (tertiary/aromatic N) is 4. The van der Waals surface area contributed by atoms with Crippen LogP contribution < -0.4 is 0 Å². The molecule has 1 fully saturated rings. The van der Waals surface area contributed by atoms with Crippen molar-refractivity contribution in [3.05, 3.63) is 0 Å². The fraction of sp³-hybridized carbons (Fsp3) is 0.932. The summed E-state index contributed by atoms with van der Waals surface area (Å²) in [7, 11) is 3.84. The van der Waals surface area contributed by atoms with Gasteiger partial charge in [0.1, 0.15) is 6.61 Å². The van der Waals surface area contributed by atoms with Gasteiger partial charge in [0.2, 0.25) is 0 Å². The average molecular weight is 1360 g/mol. The van der Waals surface area contributed by atoms with E-state index >= 15 is 0 Å². The molecule has 0 radical (unpaired) electrons. The second-order valence-corrected chi connectivity index (χ2v) is 29.4. The first kappa shape index (κ1) is 88.7. The van der Waals surface area contributed by atoms with Crippen molar-refractivity contribution < 1.29 is 68.1 Å². The number of aliphatic hydroxyl groups is 4. The molecule has 18 nitrogen and oxygen atoms in total. The van der Waals surface area contributed by atoms with Crippen LogP contribution in [0.1, 0.15) is 267 Å². The van der Waals surface area contributed by atoms with Crippen LogP contribution in [0.4, 0.5) is 0 Å². The van der Waals surface area contributed by atoms with Crippen LogP contribution in [0.15, 0.2) is 0 Å². The van der Waals surface area contributed by atoms with Gasteiger partial charge in [-0.15, -0.1) is 0 Å². The third-order valence-electron chi connectivity index (χ3n) is 18.9. The molecule has 1 heterocycles. The Kier molecular flexibility index (Phi) is 58.1. The maximum atomic E-state index is 12.8. The Morgan fingerprint density at radius 1 is 0.344 bits per heavy atom. The van der Waals surface area contributed by atoms with E-state index in [1.54, 1.807) is 0 Å². The van der Waals surface area contributed by atoms with Crippen LogP contribution in [0.5, 0.6) is 0 Å². The van der Waals surface area contributed by atoms with Crippen LogP contribution in [-0.4, -0.2) is 217 Å². The van der Waals surface area contributed by atoms with Gasteiger partial charge in [-0.1, -0.05) is 180 Å². The minimum Gasteiger partial charge on any atom is -0.465 e. The highest BCUT2D eigenvalue weighted by atomic mass is 33.1. The van der Waals surface area contributed by atoms with Gasteiger partial charge in [-0.2, -0.15) is 0 Å². The van der Waals surface area contributed by atoms with Crippen LogP contribution >= 0.6 is 21.6 Å². The summed E-state index contributed by atoms with van der Waals surface area (Å²) < 4.78 is 27.6. The van der Waals surface area contributed by atoms with E-state index in [9.17, 15) is 44.4 Å². The highest BCUT2D eigenvalue weighted by molar-refractivity contribution is 8.76. The third-order valence-corrected chi connectivity index (χ3v) is 21.3. The lowest BCUT2D eigenvalue weighted by molar-refractivity contribution is -0.146. The number of ether oxygens (including phenoxy) is 5. The van der Waals surface area contributed by atoms with Crippen LogP contribution in [0.25, 0.3) is 0 Å². The molecule has 0 aromatic heterocycles. The molecule has 1 aliphatic rings. The SMILES string of the molecule is CCC(CC)COC(=O)CCCCCCC(O)CN(CCCCSSCCN1CCN(CCOC(=O)CCCCN(CC(O)CCCCC(=O)OCC(CC)CC)CC(O)CCCCC(=O)OCC(CC)CC)CC1)CC(O)CCCCCCC(=O)OCC(CC)CC. The molecule has 93 heavy (non-hydrogen) atoms. The van der Waals surface area contributed by atoms with Gasteiger partial charge in [0.15, 0.2) is 0 Å². The van der Waals surface area contributed by atoms with E-state index in [2.05, 4.69) is 75.0 Å². The molecule has 1 rings (SSSR count). The van der Waals surface area contributed by atoms with Gasteiger partial charge in [-0.3, -0.25) is 43.6 Å². The number of aliphatic hydroxyl groups excluding tert-OH is 4. The molecule has 0 aromatic rings. The van der Waals surface area contributed by atoms with E-state index in [1.807, 2.05) is 21.6 Å². The monoisotopic (exact) mass is 1360 g/mol. The molecule has 4 atom stereocenters. The zero-order chi connectivity index (χ0) is 68.5. The lowest BCUT2D eigenvalue weighted by Crippen LogP contribution is -2.47. The number of unbranched alkanes of at least 4 members (excludes halogenated alkanes) is 10. The maximum Gasteiger partial charge on any atom is 0.305 e. The third kappa shape index (κ3) is 51.6. The quantitative estimate of drug-likeness (QED) is 0.0192. The van der Waals surface area contributed by atoms with Gasteiger partial charge < -0.3 is 44.1 Å². The lowest BCUT2D eigenvalue weighted by atomic mass is 10.1. The summed E-state index contributed by atoms with van der Waals surface area (Å²) in [5, 5.41) is 44.3. The summed E-state index contributed by atoms with van der Waals surface area (Å²) in [4.78, 5) is 71.0. The summed E-state index contributed by atoms with van der Waals surface area (Å²) in [6.45, 7) is 28.1. The fourth-order valence-electron chi connectivity index (χ4n) is 11.6. The molecule has 20 heteroatoms. The molecule has 0 amide bonds. The van der Waals surface area contributed by atoms with Crippen molar-refractivity contribution in [2.45, 2.75) is 292 Å². The Morgan fingerprint density at radius 3 is 0.957 bits per heavy atom. The Bertz CT molecular complexity index is 1700. The van der Waals surface area contributed by atoms with E-state index in [4.69, 9.17) is 23.7 Å². The van der Waals surface area contributed by atoms with Crippen molar-refractivity contribution in [3.8, 4) is 0 Å². The summed E-state index contributed by atoms with van der Waals surface area (Å²) >= 11 is 0. The molecule has 1 aliphatic heterocycles. The van der Waals surface area contributed by atoms with E-state index < -0.39 is 24.4 Å². The van der Waals surface area contributed by atoms with E-state index in [-0.39, 0.29) is 29.8 Å². The van der Waals surface area contributed by atoms with Crippen molar-refractivity contribution >= 4 is 51.4 Å². The number of esters is 5. The Labute approximate surface area is 574 Å². The Morgan fingerprint density at radius 2 is 0.613 bits per heavy atom. The molecule has 0 aliphatic carbocycles. The van der Waals surface area contributed by atoms with Gasteiger partial charge >= 0.3 is 29.8 Å². The molecule has 0 saturated carbocycles. The van der Waals surface area contributed by atoms with Crippen molar-refractivity contribution in [2.75, 3.05) is 123 Å². The maximum absolute atomic E-state index is 12.8. The number of piperazine rings is 1. The summed E-state index contributed by atoms with van der Waals surface area (Å²) in [6.07, 6.45) is 23.4. The summed E-state index contributed by atoms with van der Waals surface area (Å²) in [5.41, 5.74) is 0. The van der Waals surface area contributed by atoms with Crippen molar-refractivity contribution in [3.63, 3.8) is 0 Å². The Balaban J connectivity index is 2.47. The zero-order valence-electron chi connectivity index (χ0n) is 60.4. The van der Waals surface area contributed by atoms with Crippen molar-refractivity contribution in [1.29, 1.82) is 0 Å². The Hall–Kier alpha value is -2.27. The number of hydrogen-bond acceptors (Lipinski definition) is 20. The second kappa shape index (κ2) is 60.9. The smallest absolute Gasteiger partial charge is 0.305 e. The first-order chi connectivity index (χ1) is 45.0. The van der Waals surface area contributed by atoms with Crippen molar-refractivity contribution in [2.24, 2.45) is 23.7 Å². The molecular weight excluding hydrogens is 1220 g/mol. The van der Waals surface area contributed by atoms with E-state index in [0.717, 1.165) is 166 Å². The summed E-state index contributed by atoms with van der Waals surface area (Å²) in [6, 6.07) is 0. The predicted octanol–water partition coefficient (Wildman–Crippen LogP) is 13.2. The standard InChI is InChI=1S/C73H140N4O14S2/c1-9-61(10-2)57-88-70(83)37-23-19-17-21-33-65(78)53-77(54-66(79)34-22-18-20-24-38-71(84)89-58-62(11-3)12-4)43-31-32-51-92-93-52-49-75-46-44-74(45-47-75)48-50-87-69(82)41-29-30-42-76(55-67(80)35-25-27-39-72(85)90-59-63(13-5)14-6)56-68(81)36-26-28-40-73(86)91-60-64(15-7)16-8/h61-68,78-81H,9-60H2,1-8H3. The molecule has 1 saturated heterocycles. The molecule has 548 valence electrons. The molecule has 4 N–H and O–H groups in total. The van der Waals surface area contributed by atoms with Crippen LogP contribution in [0.3, 0.4) is 0 Å².